The van der Waals surface area contributed by atoms with Gasteiger partial charge in [0.05, 0.1) is 17.5 Å². The molecule has 1 atom stereocenters. The van der Waals surface area contributed by atoms with Crippen molar-refractivity contribution in [2.24, 2.45) is 0 Å². The Hall–Kier alpha value is -3.00. The fraction of sp³-hybridized carbons (Fsp3) is 0.381. The molecule has 7 nitrogen and oxygen atoms in total. The van der Waals surface area contributed by atoms with E-state index in [4.69, 9.17) is 4.74 Å². The van der Waals surface area contributed by atoms with Gasteiger partial charge in [-0.3, -0.25) is 9.78 Å². The summed E-state index contributed by atoms with van der Waals surface area (Å²) in [5.41, 5.74) is 0.706. The monoisotopic (exact) mass is 398 g/mol. The molecule has 2 aliphatic heterocycles. The minimum atomic E-state index is -0.497. The molecular weight excluding hydrogens is 375 g/mol. The van der Waals surface area contributed by atoms with Crippen LogP contribution in [0.3, 0.4) is 0 Å². The topological polar surface area (TPSA) is 83.6 Å². The third kappa shape index (κ3) is 4.54. The molecule has 3 heterocycles. The minimum absolute atomic E-state index is 0.166. The Bertz CT molecular complexity index is 885. The first-order chi connectivity index (χ1) is 14.0. The van der Waals surface area contributed by atoms with E-state index in [-0.39, 0.29) is 17.5 Å². The second-order valence-corrected chi connectivity index (χ2v) is 7.49. The van der Waals surface area contributed by atoms with Gasteiger partial charge >= 0.3 is 6.03 Å². The average molecular weight is 398 g/mol. The van der Waals surface area contributed by atoms with Gasteiger partial charge in [0, 0.05) is 25.0 Å². The molecule has 2 N–H and O–H groups in total. The van der Waals surface area contributed by atoms with Gasteiger partial charge in [-0.05, 0) is 56.0 Å². The molecule has 0 saturated carbocycles. The number of hydrogen-bond acceptors (Lipinski definition) is 4. The van der Waals surface area contributed by atoms with Crippen molar-refractivity contribution in [1.82, 2.24) is 9.88 Å². The van der Waals surface area contributed by atoms with Gasteiger partial charge in [0.25, 0.3) is 5.91 Å². The maximum Gasteiger partial charge on any atom is 0.321 e. The summed E-state index contributed by atoms with van der Waals surface area (Å²) in [6, 6.07) is 9.11. The van der Waals surface area contributed by atoms with E-state index in [2.05, 4.69) is 15.6 Å². The van der Waals surface area contributed by atoms with Crippen molar-refractivity contribution in [1.29, 1.82) is 0 Å². The number of pyridine rings is 1. The Morgan fingerprint density at radius 2 is 1.90 bits per heavy atom. The summed E-state index contributed by atoms with van der Waals surface area (Å²) >= 11 is 0. The Morgan fingerprint density at radius 3 is 2.62 bits per heavy atom. The summed E-state index contributed by atoms with van der Waals surface area (Å²) in [6.07, 6.45) is 5.52. The highest BCUT2D eigenvalue weighted by atomic mass is 19.1. The van der Waals surface area contributed by atoms with E-state index in [1.54, 1.807) is 41.6 Å². The number of carbonyl (C=O) groups excluding carboxylic acids is 2. The summed E-state index contributed by atoms with van der Waals surface area (Å²) in [5, 5.41) is 5.56. The van der Waals surface area contributed by atoms with Crippen LogP contribution in [0.5, 0.6) is 0 Å². The molecule has 152 valence electrons. The van der Waals surface area contributed by atoms with E-state index in [9.17, 15) is 14.0 Å². The van der Waals surface area contributed by atoms with Gasteiger partial charge in [0.2, 0.25) is 0 Å². The molecule has 29 heavy (non-hydrogen) atoms. The molecule has 1 aromatic heterocycles. The summed E-state index contributed by atoms with van der Waals surface area (Å²) in [4.78, 5) is 30.6. The lowest BCUT2D eigenvalue weighted by Crippen LogP contribution is -2.48. The summed E-state index contributed by atoms with van der Waals surface area (Å²) < 4.78 is 19.4. The van der Waals surface area contributed by atoms with Gasteiger partial charge in [0.15, 0.2) is 0 Å². The number of rotatable bonds is 3. The lowest BCUT2D eigenvalue weighted by atomic mass is 9.88. The van der Waals surface area contributed by atoms with E-state index in [1.807, 2.05) is 0 Å². The molecular formula is C21H23FN4O3. The maximum absolute atomic E-state index is 13.3. The summed E-state index contributed by atoms with van der Waals surface area (Å²) in [6.45, 7) is 1.05. The molecule has 1 unspecified atom stereocenters. The van der Waals surface area contributed by atoms with Crippen LogP contribution in [0, 0.1) is 5.82 Å². The van der Waals surface area contributed by atoms with Crippen molar-refractivity contribution in [2.45, 2.75) is 37.4 Å². The molecule has 0 radical (unpaired) electrons. The first kappa shape index (κ1) is 19.3. The largest absolute Gasteiger partial charge is 0.362 e. The number of carbonyl (C=O) groups is 2. The Morgan fingerprint density at radius 1 is 1.10 bits per heavy atom. The van der Waals surface area contributed by atoms with Crippen LogP contribution in [0.15, 0.2) is 48.8 Å². The average Bonchev–Trinajstić information content (AvgIpc) is 3.13. The van der Waals surface area contributed by atoms with Crippen LogP contribution in [-0.4, -0.2) is 46.6 Å². The normalized spacial score (nSPS) is 20.4. The number of likely N-dealkylation sites (tertiary alicyclic amines) is 1. The summed E-state index contributed by atoms with van der Waals surface area (Å²) in [5.74, 6) is -0.559. The zero-order valence-corrected chi connectivity index (χ0v) is 15.9. The number of halogens is 1. The Balaban J connectivity index is 1.29. The van der Waals surface area contributed by atoms with Gasteiger partial charge in [0.1, 0.15) is 11.9 Å². The van der Waals surface area contributed by atoms with Crippen molar-refractivity contribution >= 4 is 23.3 Å². The lowest BCUT2D eigenvalue weighted by molar-refractivity contribution is -0.134. The van der Waals surface area contributed by atoms with Gasteiger partial charge in [-0.2, -0.15) is 0 Å². The number of hydrogen-bond donors (Lipinski definition) is 2. The molecule has 1 aromatic carbocycles. The molecule has 2 saturated heterocycles. The molecule has 1 spiro atoms. The van der Waals surface area contributed by atoms with Gasteiger partial charge in [-0.15, -0.1) is 0 Å². The molecule has 0 bridgehead atoms. The van der Waals surface area contributed by atoms with Crippen LogP contribution in [0.1, 0.15) is 25.7 Å². The number of nitrogens with one attached hydrogen (secondary N) is 2. The molecule has 2 fully saturated rings. The Labute approximate surface area is 168 Å². The number of urea groups is 1. The number of nitrogens with zero attached hydrogens (tertiary/aromatic N) is 2. The SMILES string of the molecule is O=C(Nc1cccnc1)C1CCC2(CCN(C(=O)Nc3cccc(F)c3)CC2)O1. The third-order valence-corrected chi connectivity index (χ3v) is 5.51. The van der Waals surface area contributed by atoms with E-state index >= 15 is 0 Å². The maximum atomic E-state index is 13.3. The van der Waals surface area contributed by atoms with Crippen molar-refractivity contribution < 1.29 is 18.7 Å². The number of benzene rings is 1. The van der Waals surface area contributed by atoms with Gasteiger partial charge in [-0.1, -0.05) is 6.07 Å². The zero-order chi connectivity index (χ0) is 20.3. The second kappa shape index (κ2) is 8.16. The fourth-order valence-corrected chi connectivity index (χ4v) is 3.91. The van der Waals surface area contributed by atoms with Gasteiger partial charge in [-0.25, -0.2) is 9.18 Å². The van der Waals surface area contributed by atoms with Gasteiger partial charge < -0.3 is 20.3 Å². The number of ether oxygens (including phenoxy) is 1. The lowest BCUT2D eigenvalue weighted by Gasteiger charge is -2.39. The highest BCUT2D eigenvalue weighted by molar-refractivity contribution is 5.94. The third-order valence-electron chi connectivity index (χ3n) is 5.51. The Kier molecular flexibility index (Phi) is 5.44. The van der Waals surface area contributed by atoms with Crippen molar-refractivity contribution in [3.8, 4) is 0 Å². The quantitative estimate of drug-likeness (QED) is 0.830. The number of aromatic nitrogens is 1. The number of amides is 3. The van der Waals surface area contributed by atoms with E-state index < -0.39 is 11.9 Å². The van der Waals surface area contributed by atoms with Crippen LogP contribution < -0.4 is 10.6 Å². The van der Waals surface area contributed by atoms with Crippen LogP contribution in [0.25, 0.3) is 0 Å². The van der Waals surface area contributed by atoms with Crippen LogP contribution in [-0.2, 0) is 9.53 Å². The predicted octanol–water partition coefficient (Wildman–Crippen LogP) is 3.40. The first-order valence-electron chi connectivity index (χ1n) is 9.73. The van der Waals surface area contributed by atoms with Crippen molar-refractivity contribution in [3.05, 3.63) is 54.6 Å². The minimum Gasteiger partial charge on any atom is -0.362 e. The smallest absolute Gasteiger partial charge is 0.321 e. The standard InChI is InChI=1S/C21H23FN4O3/c22-15-3-1-4-16(13-15)25-20(28)26-11-8-21(9-12-26)7-6-18(29-21)19(27)24-17-5-2-10-23-14-17/h1-5,10,13-14,18H,6-9,11-12H2,(H,24,27)(H,25,28). The van der Waals surface area contributed by atoms with Crippen LogP contribution in [0.2, 0.25) is 0 Å². The van der Waals surface area contributed by atoms with Crippen molar-refractivity contribution in [2.75, 3.05) is 23.7 Å². The van der Waals surface area contributed by atoms with Crippen LogP contribution in [0.4, 0.5) is 20.6 Å². The van der Waals surface area contributed by atoms with E-state index in [0.717, 1.165) is 6.42 Å². The molecule has 8 heteroatoms. The van der Waals surface area contributed by atoms with Crippen molar-refractivity contribution in [3.63, 3.8) is 0 Å². The number of anilines is 2. The fourth-order valence-electron chi connectivity index (χ4n) is 3.91. The summed E-state index contributed by atoms with van der Waals surface area (Å²) in [7, 11) is 0. The van der Waals surface area contributed by atoms with E-state index in [1.165, 1.54) is 12.1 Å². The van der Waals surface area contributed by atoms with E-state index in [0.29, 0.717) is 43.7 Å². The molecule has 3 amide bonds. The first-order valence-corrected chi connectivity index (χ1v) is 9.73. The number of piperidine rings is 1. The zero-order valence-electron chi connectivity index (χ0n) is 15.9. The van der Waals surface area contributed by atoms with Crippen LogP contribution >= 0.6 is 0 Å². The highest BCUT2D eigenvalue weighted by Crippen LogP contribution is 2.39. The molecule has 2 aliphatic rings. The molecule has 2 aromatic rings. The molecule has 4 rings (SSSR count). The highest BCUT2D eigenvalue weighted by Gasteiger charge is 2.45. The second-order valence-electron chi connectivity index (χ2n) is 7.49. The predicted molar refractivity (Wildman–Crippen MR) is 106 cm³/mol. The molecule has 0 aliphatic carbocycles.